The topological polar surface area (TPSA) is 75.2 Å². The van der Waals surface area contributed by atoms with Crippen molar-refractivity contribution in [2.24, 2.45) is 4.99 Å². The molecule has 2 rings (SSSR count). The van der Waals surface area contributed by atoms with Crippen LogP contribution in [0.25, 0.3) is 0 Å². The molecule has 0 heterocycles. The van der Waals surface area contributed by atoms with E-state index in [-0.39, 0.29) is 35.6 Å². The van der Waals surface area contributed by atoms with Crippen LogP contribution in [0, 0.1) is 0 Å². The van der Waals surface area contributed by atoms with Gasteiger partial charge in [0.1, 0.15) is 11.5 Å². The summed E-state index contributed by atoms with van der Waals surface area (Å²) in [5.74, 6) is 1.19. The van der Waals surface area contributed by atoms with Crippen molar-refractivity contribution in [2.75, 3.05) is 34.3 Å². The second kappa shape index (κ2) is 13.6. The Bertz CT molecular complexity index is 851. The molecule has 0 saturated heterocycles. The van der Waals surface area contributed by atoms with Gasteiger partial charge in [-0.25, -0.2) is 0 Å². The summed E-state index contributed by atoms with van der Waals surface area (Å²) >= 11 is 0. The van der Waals surface area contributed by atoms with E-state index in [0.717, 1.165) is 5.56 Å². The Hall–Kier alpha value is -2.63. The number of hydrogen-bond acceptors (Lipinski definition) is 4. The second-order valence-corrected chi connectivity index (χ2v) is 6.34. The standard InChI is InChI=1S/C21H26F2N4O3.HI/c1-24-21(27(2)14-15-7-9-17(10-8-15)30-20(22)23)26-12-11-25-19(28)16-5-4-6-18(13-16)29-3;/h4-10,13,20H,11-12,14H2,1-3H3,(H,24,26)(H,25,28);1H. The summed E-state index contributed by atoms with van der Waals surface area (Å²) in [5, 5.41) is 6.00. The van der Waals surface area contributed by atoms with Crippen molar-refractivity contribution in [1.29, 1.82) is 0 Å². The number of methoxy groups -OCH3 is 1. The number of rotatable bonds is 9. The predicted molar refractivity (Wildman–Crippen MR) is 127 cm³/mol. The zero-order chi connectivity index (χ0) is 21.9. The molecule has 0 bridgehead atoms. The Morgan fingerprint density at radius 1 is 1.10 bits per heavy atom. The van der Waals surface area contributed by atoms with Crippen LogP contribution in [0.4, 0.5) is 8.78 Å². The van der Waals surface area contributed by atoms with E-state index in [4.69, 9.17) is 4.74 Å². The highest BCUT2D eigenvalue weighted by Crippen LogP contribution is 2.16. The van der Waals surface area contributed by atoms with Gasteiger partial charge < -0.3 is 25.0 Å². The highest BCUT2D eigenvalue weighted by molar-refractivity contribution is 14.0. The summed E-state index contributed by atoms with van der Waals surface area (Å²) in [5.41, 5.74) is 1.43. The lowest BCUT2D eigenvalue weighted by atomic mass is 10.2. The fourth-order valence-corrected chi connectivity index (χ4v) is 2.73. The van der Waals surface area contributed by atoms with Gasteiger partial charge in [-0.15, -0.1) is 24.0 Å². The first kappa shape index (κ1) is 26.4. The van der Waals surface area contributed by atoms with Gasteiger partial charge in [0.05, 0.1) is 7.11 Å². The molecule has 170 valence electrons. The molecule has 0 aliphatic carbocycles. The third kappa shape index (κ3) is 8.95. The van der Waals surface area contributed by atoms with Gasteiger partial charge in [0.25, 0.3) is 5.91 Å². The van der Waals surface area contributed by atoms with Gasteiger partial charge in [-0.05, 0) is 35.9 Å². The molecule has 0 aliphatic rings. The number of guanidine groups is 1. The van der Waals surface area contributed by atoms with Crippen molar-refractivity contribution >= 4 is 35.8 Å². The average molecular weight is 548 g/mol. The third-order valence-electron chi connectivity index (χ3n) is 4.17. The SMILES string of the molecule is CN=C(NCCNC(=O)c1cccc(OC)c1)N(C)Cc1ccc(OC(F)F)cc1.I. The van der Waals surface area contributed by atoms with Crippen LogP contribution in [0.2, 0.25) is 0 Å². The van der Waals surface area contributed by atoms with Crippen molar-refractivity contribution in [3.8, 4) is 11.5 Å². The quantitative estimate of drug-likeness (QED) is 0.218. The Balaban J connectivity index is 0.00000480. The fourth-order valence-electron chi connectivity index (χ4n) is 2.73. The molecule has 31 heavy (non-hydrogen) atoms. The van der Waals surface area contributed by atoms with Gasteiger partial charge in [-0.2, -0.15) is 8.78 Å². The summed E-state index contributed by atoms with van der Waals surface area (Å²) in [7, 11) is 5.07. The molecule has 0 spiro atoms. The number of aliphatic imine (C=N–C) groups is 1. The van der Waals surface area contributed by atoms with Crippen LogP contribution in [-0.4, -0.2) is 57.7 Å². The van der Waals surface area contributed by atoms with Gasteiger partial charge in [-0.1, -0.05) is 18.2 Å². The molecule has 0 unspecified atom stereocenters. The minimum absolute atomic E-state index is 0. The van der Waals surface area contributed by atoms with Crippen LogP contribution in [0.5, 0.6) is 11.5 Å². The lowest BCUT2D eigenvalue weighted by molar-refractivity contribution is -0.0498. The molecule has 0 radical (unpaired) electrons. The molecule has 0 saturated carbocycles. The van der Waals surface area contributed by atoms with Gasteiger partial charge >= 0.3 is 6.61 Å². The first-order valence-corrected chi connectivity index (χ1v) is 9.30. The minimum Gasteiger partial charge on any atom is -0.497 e. The van der Waals surface area contributed by atoms with E-state index in [0.29, 0.717) is 36.9 Å². The van der Waals surface area contributed by atoms with E-state index in [9.17, 15) is 13.6 Å². The molecular formula is C21H27F2IN4O3. The summed E-state index contributed by atoms with van der Waals surface area (Å²) in [4.78, 5) is 18.3. The Morgan fingerprint density at radius 2 is 1.77 bits per heavy atom. The Morgan fingerprint density at radius 3 is 2.39 bits per heavy atom. The first-order valence-electron chi connectivity index (χ1n) is 9.30. The monoisotopic (exact) mass is 548 g/mol. The number of carbonyl (C=O) groups is 1. The lowest BCUT2D eigenvalue weighted by Gasteiger charge is -2.22. The summed E-state index contributed by atoms with van der Waals surface area (Å²) < 4.78 is 33.9. The first-order chi connectivity index (χ1) is 14.4. The number of nitrogens with one attached hydrogen (secondary N) is 2. The highest BCUT2D eigenvalue weighted by atomic mass is 127. The smallest absolute Gasteiger partial charge is 0.387 e. The number of hydrogen-bond donors (Lipinski definition) is 2. The molecule has 7 nitrogen and oxygen atoms in total. The van der Waals surface area contributed by atoms with Gasteiger partial charge in [-0.3, -0.25) is 9.79 Å². The van der Waals surface area contributed by atoms with E-state index >= 15 is 0 Å². The van der Waals surface area contributed by atoms with Crippen molar-refractivity contribution < 1.29 is 23.0 Å². The van der Waals surface area contributed by atoms with Crippen LogP contribution >= 0.6 is 24.0 Å². The average Bonchev–Trinajstić information content (AvgIpc) is 2.74. The molecular weight excluding hydrogens is 521 g/mol. The number of carbonyl (C=O) groups excluding carboxylic acids is 1. The maximum Gasteiger partial charge on any atom is 0.387 e. The van der Waals surface area contributed by atoms with E-state index in [1.165, 1.54) is 12.1 Å². The van der Waals surface area contributed by atoms with Crippen LogP contribution in [0.3, 0.4) is 0 Å². The molecule has 2 aromatic rings. The maximum atomic E-state index is 12.2. The normalized spacial score (nSPS) is 10.8. The van der Waals surface area contributed by atoms with Crippen LogP contribution in [0.15, 0.2) is 53.5 Å². The maximum absolute atomic E-state index is 12.2. The summed E-state index contributed by atoms with van der Waals surface area (Å²) in [6, 6.07) is 13.4. The predicted octanol–water partition coefficient (Wildman–Crippen LogP) is 3.35. The third-order valence-corrected chi connectivity index (χ3v) is 4.17. The largest absolute Gasteiger partial charge is 0.497 e. The lowest BCUT2D eigenvalue weighted by Crippen LogP contribution is -2.42. The van der Waals surface area contributed by atoms with Crippen molar-refractivity contribution in [2.45, 2.75) is 13.2 Å². The molecule has 1 amide bonds. The molecule has 10 heteroatoms. The number of alkyl halides is 2. The number of benzene rings is 2. The zero-order valence-electron chi connectivity index (χ0n) is 17.6. The van der Waals surface area contributed by atoms with Crippen molar-refractivity contribution in [1.82, 2.24) is 15.5 Å². The molecule has 0 fully saturated rings. The van der Waals surface area contributed by atoms with Crippen LogP contribution in [0.1, 0.15) is 15.9 Å². The zero-order valence-corrected chi connectivity index (χ0v) is 19.9. The molecule has 0 atom stereocenters. The van der Waals surface area contributed by atoms with Gasteiger partial charge in [0.2, 0.25) is 0 Å². The number of ether oxygens (including phenoxy) is 2. The fraction of sp³-hybridized carbons (Fsp3) is 0.333. The Kier molecular flexibility index (Phi) is 11.6. The minimum atomic E-state index is -2.84. The van der Waals surface area contributed by atoms with E-state index < -0.39 is 6.61 Å². The van der Waals surface area contributed by atoms with Gasteiger partial charge in [0.15, 0.2) is 5.96 Å². The van der Waals surface area contributed by atoms with Gasteiger partial charge in [0, 0.05) is 39.3 Å². The number of amides is 1. The van der Waals surface area contributed by atoms with Crippen LogP contribution < -0.4 is 20.1 Å². The van der Waals surface area contributed by atoms with E-state index in [1.54, 1.807) is 50.6 Å². The van der Waals surface area contributed by atoms with E-state index in [2.05, 4.69) is 20.4 Å². The van der Waals surface area contributed by atoms with Crippen LogP contribution in [-0.2, 0) is 6.54 Å². The summed E-state index contributed by atoms with van der Waals surface area (Å²) in [6.07, 6.45) is 0. The molecule has 0 aliphatic heterocycles. The highest BCUT2D eigenvalue weighted by Gasteiger charge is 2.09. The van der Waals surface area contributed by atoms with E-state index in [1.807, 2.05) is 11.9 Å². The second-order valence-electron chi connectivity index (χ2n) is 6.34. The number of halogens is 3. The van der Waals surface area contributed by atoms with Crippen molar-refractivity contribution in [3.63, 3.8) is 0 Å². The summed E-state index contributed by atoms with van der Waals surface area (Å²) in [6.45, 7) is -1.44. The number of nitrogens with zero attached hydrogens (tertiary/aromatic N) is 2. The van der Waals surface area contributed by atoms with Crippen molar-refractivity contribution in [3.05, 3.63) is 59.7 Å². The molecule has 0 aromatic heterocycles. The molecule has 2 aromatic carbocycles. The Labute approximate surface area is 197 Å². The molecule has 2 N–H and O–H groups in total.